The lowest BCUT2D eigenvalue weighted by molar-refractivity contribution is -0.146. The molecule has 0 aliphatic carbocycles. The van der Waals surface area contributed by atoms with Crippen molar-refractivity contribution in [3.8, 4) is 5.75 Å². The maximum absolute atomic E-state index is 13.3. The van der Waals surface area contributed by atoms with Crippen molar-refractivity contribution in [1.29, 1.82) is 0 Å². The number of halogens is 1. The summed E-state index contributed by atoms with van der Waals surface area (Å²) in [6, 6.07) is 4.33. The minimum Gasteiger partial charge on any atom is -0.480 e. The minimum absolute atomic E-state index is 0.115. The number of aryl methyl sites for hydroxylation is 1. The number of morpholine rings is 1. The Bertz CT molecular complexity index is 794. The molecule has 2 aliphatic heterocycles. The highest BCUT2D eigenvalue weighted by Crippen LogP contribution is 2.31. The van der Waals surface area contributed by atoms with E-state index >= 15 is 0 Å². The number of rotatable bonds is 3. The van der Waals surface area contributed by atoms with Crippen molar-refractivity contribution in [1.82, 2.24) is 20.1 Å². The molecule has 8 heteroatoms. The van der Waals surface area contributed by atoms with Gasteiger partial charge in [0, 0.05) is 24.9 Å². The zero-order valence-corrected chi connectivity index (χ0v) is 13.9. The molecule has 1 aromatic heterocycles. The molecule has 2 aromatic rings. The molecular formula is C17H19FN4O3. The molecule has 0 radical (unpaired) electrons. The van der Waals surface area contributed by atoms with Crippen LogP contribution in [0.4, 0.5) is 4.39 Å². The first-order chi connectivity index (χ1) is 12.1. The number of carbonyl (C=O) groups excluding carboxylic acids is 1. The van der Waals surface area contributed by atoms with Gasteiger partial charge in [0.2, 0.25) is 0 Å². The lowest BCUT2D eigenvalue weighted by atomic mass is 10.1. The molecule has 3 heterocycles. The second-order valence-corrected chi connectivity index (χ2v) is 6.20. The van der Waals surface area contributed by atoms with Gasteiger partial charge in [-0.1, -0.05) is 6.92 Å². The van der Waals surface area contributed by atoms with E-state index in [9.17, 15) is 9.18 Å². The van der Waals surface area contributed by atoms with Crippen molar-refractivity contribution in [2.45, 2.75) is 32.0 Å². The highest BCUT2D eigenvalue weighted by Gasteiger charge is 2.36. The third-order valence-electron chi connectivity index (χ3n) is 4.52. The van der Waals surface area contributed by atoms with Gasteiger partial charge in [-0.25, -0.2) is 9.37 Å². The number of carbonyl (C=O) groups is 1. The number of nitrogens with zero attached hydrogens (tertiary/aromatic N) is 3. The van der Waals surface area contributed by atoms with E-state index in [1.54, 1.807) is 11.0 Å². The number of H-pyrrole nitrogens is 1. The molecule has 1 aromatic carbocycles. The molecule has 0 spiro atoms. The predicted molar refractivity (Wildman–Crippen MR) is 85.6 cm³/mol. The Balaban J connectivity index is 1.44. The monoisotopic (exact) mass is 346 g/mol. The van der Waals surface area contributed by atoms with E-state index in [1.807, 2.05) is 6.92 Å². The van der Waals surface area contributed by atoms with E-state index in [-0.39, 0.29) is 17.8 Å². The molecule has 1 amide bonds. The van der Waals surface area contributed by atoms with Crippen LogP contribution in [0.5, 0.6) is 5.75 Å². The van der Waals surface area contributed by atoms with Gasteiger partial charge >= 0.3 is 0 Å². The molecule has 0 saturated carbocycles. The molecule has 1 saturated heterocycles. The summed E-state index contributed by atoms with van der Waals surface area (Å²) in [5.74, 6) is 1.49. The molecule has 132 valence electrons. The molecule has 2 aliphatic rings. The van der Waals surface area contributed by atoms with Gasteiger partial charge in [0.15, 0.2) is 11.9 Å². The molecule has 1 fully saturated rings. The second-order valence-electron chi connectivity index (χ2n) is 6.20. The van der Waals surface area contributed by atoms with Gasteiger partial charge in [-0.05, 0) is 18.2 Å². The Hall–Kier alpha value is -2.48. The molecule has 7 nitrogen and oxygen atoms in total. The first kappa shape index (κ1) is 16.0. The largest absolute Gasteiger partial charge is 0.480 e. The Labute approximate surface area is 144 Å². The van der Waals surface area contributed by atoms with Gasteiger partial charge in [0.05, 0.1) is 13.2 Å². The molecule has 1 N–H and O–H groups in total. The number of fused-ring (bicyclic) bond motifs is 1. The summed E-state index contributed by atoms with van der Waals surface area (Å²) in [6.07, 6.45) is 0.172. The minimum atomic E-state index is -0.617. The predicted octanol–water partition coefficient (Wildman–Crippen LogP) is 1.41. The lowest BCUT2D eigenvalue weighted by Gasteiger charge is -2.32. The SMILES string of the molecule is CCc1nc([C@@H]2CN(C(=O)[C@H]3Cc4cc(F)ccc4O3)CCO2)n[nH]1. The highest BCUT2D eigenvalue weighted by atomic mass is 19.1. The number of aromatic nitrogens is 3. The number of aromatic amines is 1. The smallest absolute Gasteiger partial charge is 0.264 e. The van der Waals surface area contributed by atoms with Gasteiger partial charge < -0.3 is 14.4 Å². The van der Waals surface area contributed by atoms with Gasteiger partial charge in [0.1, 0.15) is 23.5 Å². The topological polar surface area (TPSA) is 80.3 Å². The second kappa shape index (κ2) is 6.44. The average Bonchev–Trinajstić information content (AvgIpc) is 3.27. The molecular weight excluding hydrogens is 327 g/mol. The molecule has 0 unspecified atom stereocenters. The van der Waals surface area contributed by atoms with Crippen LogP contribution in [0.25, 0.3) is 0 Å². The standard InChI is InChI=1S/C17H19FN4O3/c1-2-15-19-16(21-20-15)14-9-22(5-6-24-14)17(23)13-8-10-7-11(18)3-4-12(10)25-13/h3-4,7,13-14H,2,5-6,8-9H2,1H3,(H,19,20,21)/t13-,14+/m1/s1. The van der Waals surface area contributed by atoms with Crippen LogP contribution in [0.15, 0.2) is 18.2 Å². The van der Waals surface area contributed by atoms with Gasteiger partial charge in [-0.15, -0.1) is 0 Å². The summed E-state index contributed by atoms with van der Waals surface area (Å²) < 4.78 is 24.7. The van der Waals surface area contributed by atoms with Gasteiger partial charge in [-0.3, -0.25) is 9.89 Å². The third kappa shape index (κ3) is 3.09. The van der Waals surface area contributed by atoms with Crippen molar-refractivity contribution in [3.63, 3.8) is 0 Å². The number of benzene rings is 1. The quantitative estimate of drug-likeness (QED) is 0.909. The zero-order valence-electron chi connectivity index (χ0n) is 13.9. The molecule has 4 rings (SSSR count). The van der Waals surface area contributed by atoms with E-state index in [0.717, 1.165) is 17.8 Å². The Kier molecular flexibility index (Phi) is 4.12. The fourth-order valence-electron chi connectivity index (χ4n) is 3.18. The van der Waals surface area contributed by atoms with Crippen molar-refractivity contribution in [2.75, 3.05) is 19.7 Å². The maximum Gasteiger partial charge on any atom is 0.264 e. The molecule has 0 bridgehead atoms. The van der Waals surface area contributed by atoms with Crippen LogP contribution in [-0.2, 0) is 22.4 Å². The summed E-state index contributed by atoms with van der Waals surface area (Å²) in [4.78, 5) is 18.9. The third-order valence-corrected chi connectivity index (χ3v) is 4.52. The van der Waals surface area contributed by atoms with Gasteiger partial charge in [0.25, 0.3) is 5.91 Å². The summed E-state index contributed by atoms with van der Waals surface area (Å²) in [5.41, 5.74) is 0.727. The normalized spacial score (nSPS) is 22.6. The lowest BCUT2D eigenvalue weighted by Crippen LogP contribution is -2.48. The summed E-state index contributed by atoms with van der Waals surface area (Å²) in [5, 5.41) is 7.04. The van der Waals surface area contributed by atoms with Crippen LogP contribution in [-0.4, -0.2) is 51.8 Å². The van der Waals surface area contributed by atoms with Crippen LogP contribution in [0.1, 0.15) is 30.2 Å². The highest BCUT2D eigenvalue weighted by molar-refractivity contribution is 5.82. The fourth-order valence-corrected chi connectivity index (χ4v) is 3.18. The Morgan fingerprint density at radius 2 is 2.36 bits per heavy atom. The van der Waals surface area contributed by atoms with Gasteiger partial charge in [-0.2, -0.15) is 5.10 Å². The van der Waals surface area contributed by atoms with Crippen molar-refractivity contribution < 1.29 is 18.7 Å². The van der Waals surface area contributed by atoms with E-state index in [4.69, 9.17) is 9.47 Å². The fraction of sp³-hybridized carbons (Fsp3) is 0.471. The number of hydrogen-bond acceptors (Lipinski definition) is 5. The van der Waals surface area contributed by atoms with Crippen molar-refractivity contribution in [2.24, 2.45) is 0 Å². The number of ether oxygens (including phenoxy) is 2. The summed E-state index contributed by atoms with van der Waals surface area (Å²) in [7, 11) is 0. The average molecular weight is 346 g/mol. The van der Waals surface area contributed by atoms with Crippen LogP contribution < -0.4 is 4.74 Å². The Morgan fingerprint density at radius 3 is 3.16 bits per heavy atom. The number of nitrogens with one attached hydrogen (secondary N) is 1. The molecule has 2 atom stereocenters. The zero-order chi connectivity index (χ0) is 17.4. The van der Waals surface area contributed by atoms with E-state index in [1.165, 1.54) is 12.1 Å². The summed E-state index contributed by atoms with van der Waals surface area (Å²) >= 11 is 0. The van der Waals surface area contributed by atoms with Crippen LogP contribution in [0.2, 0.25) is 0 Å². The van der Waals surface area contributed by atoms with Crippen molar-refractivity contribution in [3.05, 3.63) is 41.2 Å². The van der Waals surface area contributed by atoms with Crippen molar-refractivity contribution >= 4 is 5.91 Å². The number of hydrogen-bond donors (Lipinski definition) is 1. The first-order valence-electron chi connectivity index (χ1n) is 8.40. The van der Waals surface area contributed by atoms with Crippen LogP contribution in [0, 0.1) is 5.82 Å². The Morgan fingerprint density at radius 1 is 1.48 bits per heavy atom. The van der Waals surface area contributed by atoms with E-state index in [0.29, 0.717) is 37.7 Å². The molecule has 25 heavy (non-hydrogen) atoms. The van der Waals surface area contributed by atoms with Crippen LogP contribution >= 0.6 is 0 Å². The number of amides is 1. The summed E-state index contributed by atoms with van der Waals surface area (Å²) in [6.45, 7) is 3.27. The maximum atomic E-state index is 13.3. The van der Waals surface area contributed by atoms with E-state index in [2.05, 4.69) is 15.2 Å². The van der Waals surface area contributed by atoms with E-state index < -0.39 is 6.10 Å². The van der Waals surface area contributed by atoms with Crippen LogP contribution in [0.3, 0.4) is 0 Å². The first-order valence-corrected chi connectivity index (χ1v) is 8.40.